The molecule has 0 spiro atoms. The molecule has 1 aromatic rings. The van der Waals surface area contributed by atoms with Crippen LogP contribution in [-0.4, -0.2) is 31.3 Å². The molecule has 5 nitrogen and oxygen atoms in total. The molecule has 2 rings (SSSR count). The lowest BCUT2D eigenvalue weighted by Gasteiger charge is -2.34. The lowest BCUT2D eigenvalue weighted by atomic mass is 9.97. The zero-order valence-electron chi connectivity index (χ0n) is 13.8. The first-order valence-electron chi connectivity index (χ1n) is 7.91. The second kappa shape index (κ2) is 6.90. The number of amides is 1. The number of nitrogens with one attached hydrogen (secondary N) is 1. The highest BCUT2D eigenvalue weighted by atomic mass is 16.6. The average molecular weight is 305 g/mol. The highest BCUT2D eigenvalue weighted by Crippen LogP contribution is 2.23. The van der Waals surface area contributed by atoms with Crippen molar-refractivity contribution in [3.63, 3.8) is 0 Å². The van der Waals surface area contributed by atoms with Crippen LogP contribution in [0.3, 0.4) is 0 Å². The van der Waals surface area contributed by atoms with Gasteiger partial charge in [0.05, 0.1) is 0 Å². The summed E-state index contributed by atoms with van der Waals surface area (Å²) in [6.45, 7) is 8.26. The van der Waals surface area contributed by atoms with Crippen molar-refractivity contribution in [3.8, 4) is 0 Å². The van der Waals surface area contributed by atoms with Crippen molar-refractivity contribution in [2.24, 2.45) is 5.92 Å². The number of carbonyl (C=O) groups excluding carboxylic acids is 1. The highest BCUT2D eigenvalue weighted by molar-refractivity contribution is 5.67. The number of rotatable bonds is 3. The molecule has 1 amide bonds. The van der Waals surface area contributed by atoms with Gasteiger partial charge in [0, 0.05) is 31.0 Å². The molecule has 0 radical (unpaired) electrons. The number of nitrogens with two attached hydrogens (primary N) is 1. The average Bonchev–Trinajstić information content (AvgIpc) is 2.44. The predicted octanol–water partition coefficient (Wildman–Crippen LogP) is 3.01. The molecule has 122 valence electrons. The minimum Gasteiger partial charge on any atom is -0.444 e. The summed E-state index contributed by atoms with van der Waals surface area (Å²) >= 11 is 0. The fourth-order valence-corrected chi connectivity index (χ4v) is 2.69. The van der Waals surface area contributed by atoms with Gasteiger partial charge in [-0.05, 0) is 63.8 Å². The van der Waals surface area contributed by atoms with Crippen LogP contribution in [0.25, 0.3) is 0 Å². The predicted molar refractivity (Wildman–Crippen MR) is 90.0 cm³/mol. The van der Waals surface area contributed by atoms with Gasteiger partial charge < -0.3 is 20.7 Å². The number of benzene rings is 1. The molecule has 1 heterocycles. The maximum absolute atomic E-state index is 11.7. The van der Waals surface area contributed by atoms with E-state index in [0.29, 0.717) is 12.5 Å². The van der Waals surface area contributed by atoms with Crippen molar-refractivity contribution in [1.82, 2.24) is 5.32 Å². The van der Waals surface area contributed by atoms with Crippen LogP contribution in [0.1, 0.15) is 33.6 Å². The summed E-state index contributed by atoms with van der Waals surface area (Å²) in [6.07, 6.45) is 1.92. The summed E-state index contributed by atoms with van der Waals surface area (Å²) in [5, 5.41) is 2.88. The van der Waals surface area contributed by atoms with Gasteiger partial charge in [-0.25, -0.2) is 4.79 Å². The maximum Gasteiger partial charge on any atom is 0.407 e. The van der Waals surface area contributed by atoms with Crippen molar-refractivity contribution in [2.45, 2.75) is 39.2 Å². The monoisotopic (exact) mass is 305 g/mol. The van der Waals surface area contributed by atoms with Gasteiger partial charge in [0.2, 0.25) is 0 Å². The van der Waals surface area contributed by atoms with Gasteiger partial charge in [-0.3, -0.25) is 0 Å². The Morgan fingerprint density at radius 2 is 2.05 bits per heavy atom. The van der Waals surface area contributed by atoms with Crippen molar-refractivity contribution in [2.75, 3.05) is 30.3 Å². The van der Waals surface area contributed by atoms with Crippen molar-refractivity contribution in [1.29, 1.82) is 0 Å². The van der Waals surface area contributed by atoms with Crippen LogP contribution in [0.5, 0.6) is 0 Å². The van der Waals surface area contributed by atoms with Crippen molar-refractivity contribution < 1.29 is 9.53 Å². The number of anilines is 2. The number of ether oxygens (including phenoxy) is 1. The van der Waals surface area contributed by atoms with E-state index in [1.54, 1.807) is 0 Å². The van der Waals surface area contributed by atoms with E-state index in [4.69, 9.17) is 10.5 Å². The van der Waals surface area contributed by atoms with Crippen LogP contribution in [-0.2, 0) is 4.74 Å². The van der Waals surface area contributed by atoms with Crippen LogP contribution < -0.4 is 16.0 Å². The maximum atomic E-state index is 11.7. The molecule has 1 atom stereocenters. The molecule has 5 heteroatoms. The van der Waals surface area contributed by atoms with Gasteiger partial charge in [-0.1, -0.05) is 0 Å². The summed E-state index contributed by atoms with van der Waals surface area (Å²) in [7, 11) is 0. The first-order chi connectivity index (χ1) is 10.3. The zero-order chi connectivity index (χ0) is 16.2. The van der Waals surface area contributed by atoms with Gasteiger partial charge in [-0.15, -0.1) is 0 Å². The fraction of sp³-hybridized carbons (Fsp3) is 0.588. The summed E-state index contributed by atoms with van der Waals surface area (Å²) in [5.41, 5.74) is 7.26. The number of carbonyl (C=O) groups is 1. The van der Waals surface area contributed by atoms with Crippen LogP contribution in [0.2, 0.25) is 0 Å². The van der Waals surface area contributed by atoms with Gasteiger partial charge in [0.1, 0.15) is 5.60 Å². The third-order valence-electron chi connectivity index (χ3n) is 3.71. The Balaban J connectivity index is 1.83. The molecule has 0 unspecified atom stereocenters. The second-order valence-electron chi connectivity index (χ2n) is 6.93. The van der Waals surface area contributed by atoms with Gasteiger partial charge >= 0.3 is 6.09 Å². The number of nitrogens with zero attached hydrogens (tertiary/aromatic N) is 1. The van der Waals surface area contributed by atoms with Gasteiger partial charge in [-0.2, -0.15) is 0 Å². The minimum atomic E-state index is -0.452. The number of alkyl carbamates (subject to hydrolysis) is 1. The Morgan fingerprint density at radius 3 is 2.68 bits per heavy atom. The molecule has 0 aliphatic carbocycles. The molecular formula is C17H27N3O2. The van der Waals surface area contributed by atoms with Gasteiger partial charge in [0.15, 0.2) is 0 Å². The summed E-state index contributed by atoms with van der Waals surface area (Å²) in [5.74, 6) is 0.443. The third-order valence-corrected chi connectivity index (χ3v) is 3.71. The molecule has 1 saturated heterocycles. The lowest BCUT2D eigenvalue weighted by Crippen LogP contribution is -2.42. The van der Waals surface area contributed by atoms with E-state index in [9.17, 15) is 4.79 Å². The zero-order valence-corrected chi connectivity index (χ0v) is 13.8. The first kappa shape index (κ1) is 16.5. The topological polar surface area (TPSA) is 67.6 Å². The standard InChI is InChI=1S/C17H27N3O2/c1-17(2,3)22-16(21)19-11-13-5-4-10-20(12-13)15-8-6-14(18)7-9-15/h6-9,13H,4-5,10-12,18H2,1-3H3,(H,19,21)/t13-/m0/s1. The Bertz CT molecular complexity index is 494. The molecule has 1 aliphatic rings. The largest absolute Gasteiger partial charge is 0.444 e. The SMILES string of the molecule is CC(C)(C)OC(=O)NC[C@@H]1CCCN(c2ccc(N)cc2)C1. The summed E-state index contributed by atoms with van der Waals surface area (Å²) in [4.78, 5) is 14.1. The van der Waals surface area contributed by atoms with E-state index in [-0.39, 0.29) is 6.09 Å². The highest BCUT2D eigenvalue weighted by Gasteiger charge is 2.22. The van der Waals surface area contributed by atoms with Crippen molar-refractivity contribution in [3.05, 3.63) is 24.3 Å². The van der Waals surface area contributed by atoms with Crippen LogP contribution in [0, 0.1) is 5.92 Å². The molecule has 0 saturated carbocycles. The molecule has 0 aromatic heterocycles. The van der Waals surface area contributed by atoms with Crippen molar-refractivity contribution >= 4 is 17.5 Å². The molecular weight excluding hydrogens is 278 g/mol. The molecule has 0 bridgehead atoms. The lowest BCUT2D eigenvalue weighted by molar-refractivity contribution is 0.0517. The normalized spacial score (nSPS) is 18.9. The number of hydrogen-bond donors (Lipinski definition) is 2. The number of piperidine rings is 1. The Morgan fingerprint density at radius 1 is 1.36 bits per heavy atom. The van der Waals surface area contributed by atoms with E-state index in [1.807, 2.05) is 32.9 Å². The number of nitrogen functional groups attached to an aromatic ring is 1. The number of hydrogen-bond acceptors (Lipinski definition) is 4. The molecule has 1 aliphatic heterocycles. The molecule has 1 fully saturated rings. The Labute approximate surface area is 132 Å². The molecule has 1 aromatic carbocycles. The van der Waals surface area contributed by atoms with Crippen LogP contribution in [0.4, 0.5) is 16.2 Å². The third kappa shape index (κ3) is 5.13. The van der Waals surface area contributed by atoms with E-state index >= 15 is 0 Å². The summed E-state index contributed by atoms with van der Waals surface area (Å²) < 4.78 is 5.28. The fourth-order valence-electron chi connectivity index (χ4n) is 2.69. The minimum absolute atomic E-state index is 0.336. The molecule has 3 N–H and O–H groups in total. The van der Waals surface area contributed by atoms with E-state index in [1.165, 1.54) is 5.69 Å². The first-order valence-corrected chi connectivity index (χ1v) is 7.91. The second-order valence-corrected chi connectivity index (χ2v) is 6.93. The van der Waals surface area contributed by atoms with Crippen LogP contribution in [0.15, 0.2) is 24.3 Å². The quantitative estimate of drug-likeness (QED) is 0.842. The van der Waals surface area contributed by atoms with Gasteiger partial charge in [0.25, 0.3) is 0 Å². The van der Waals surface area contributed by atoms with Crippen LogP contribution >= 0.6 is 0 Å². The Kier molecular flexibility index (Phi) is 5.16. The summed E-state index contributed by atoms with van der Waals surface area (Å²) in [6, 6.07) is 7.97. The molecule has 22 heavy (non-hydrogen) atoms. The smallest absolute Gasteiger partial charge is 0.407 e. The van der Waals surface area contributed by atoms with E-state index in [0.717, 1.165) is 31.6 Å². The van der Waals surface area contributed by atoms with E-state index < -0.39 is 5.60 Å². The van der Waals surface area contributed by atoms with E-state index in [2.05, 4.69) is 22.3 Å². The Hall–Kier alpha value is -1.91.